The van der Waals surface area contributed by atoms with E-state index in [4.69, 9.17) is 0 Å². The Labute approximate surface area is 99.8 Å². The van der Waals surface area contributed by atoms with Crippen LogP contribution in [0.1, 0.15) is 5.56 Å². The minimum Gasteiger partial charge on any atom is -0.311 e. The molecule has 0 bridgehead atoms. The maximum Gasteiger partial charge on any atom is 0.0206 e. The van der Waals surface area contributed by atoms with E-state index in [1.807, 2.05) is 0 Å². The number of likely N-dealkylation sites (N-methyl/N-ethyl adjacent to an activating group) is 1. The van der Waals surface area contributed by atoms with Crippen LogP contribution in [-0.2, 0) is 6.54 Å². The number of nitrogens with zero attached hydrogens (tertiary/aromatic N) is 1. The van der Waals surface area contributed by atoms with Crippen LogP contribution >= 0.6 is 22.6 Å². The molecular weight excluding hydrogens is 287 g/mol. The summed E-state index contributed by atoms with van der Waals surface area (Å²) >= 11 is 2.34. The van der Waals surface area contributed by atoms with Gasteiger partial charge in [0, 0.05) is 23.2 Å². The summed E-state index contributed by atoms with van der Waals surface area (Å²) in [6.45, 7) is 3.09. The van der Waals surface area contributed by atoms with Crippen molar-refractivity contribution < 1.29 is 0 Å². The van der Waals surface area contributed by atoms with Gasteiger partial charge in [-0.15, -0.1) is 0 Å². The van der Waals surface area contributed by atoms with Crippen LogP contribution in [0.15, 0.2) is 24.3 Å². The molecule has 0 heterocycles. The quantitative estimate of drug-likeness (QED) is 0.661. The highest BCUT2D eigenvalue weighted by molar-refractivity contribution is 14.1. The summed E-state index contributed by atoms with van der Waals surface area (Å²) in [5, 5.41) is 3.42. The molecule has 0 saturated carbocycles. The zero-order valence-corrected chi connectivity index (χ0v) is 10.9. The molecule has 0 saturated heterocycles. The van der Waals surface area contributed by atoms with E-state index in [0.29, 0.717) is 0 Å². The van der Waals surface area contributed by atoms with Gasteiger partial charge in [0.1, 0.15) is 0 Å². The number of nitrogens with one attached hydrogen (secondary N) is 1. The van der Waals surface area contributed by atoms with Gasteiger partial charge in [-0.25, -0.2) is 0 Å². The largest absolute Gasteiger partial charge is 0.311 e. The highest BCUT2D eigenvalue weighted by Crippen LogP contribution is 2.06. The van der Waals surface area contributed by atoms with Gasteiger partial charge in [-0.3, -0.25) is 0 Å². The first kappa shape index (κ1) is 11.9. The molecule has 14 heavy (non-hydrogen) atoms. The Morgan fingerprint density at radius 2 is 2.14 bits per heavy atom. The molecule has 0 fully saturated rings. The van der Waals surface area contributed by atoms with Gasteiger partial charge in [-0.05, 0) is 54.4 Å². The number of hydrogen-bond donors (Lipinski definition) is 1. The van der Waals surface area contributed by atoms with E-state index in [1.165, 1.54) is 9.13 Å². The standard InChI is InChI=1S/C11H17IN2/c1-14(2)7-6-13-9-10-4-3-5-11(12)8-10/h3-5,8,13H,6-7,9H2,1-2H3. The van der Waals surface area contributed by atoms with Crippen LogP contribution in [-0.4, -0.2) is 32.1 Å². The third kappa shape index (κ3) is 4.93. The summed E-state index contributed by atoms with van der Waals surface area (Å²) in [7, 11) is 4.18. The first-order valence-corrected chi connectivity index (χ1v) is 5.86. The van der Waals surface area contributed by atoms with Crippen molar-refractivity contribution in [3.63, 3.8) is 0 Å². The zero-order chi connectivity index (χ0) is 10.4. The molecule has 3 heteroatoms. The van der Waals surface area contributed by atoms with Crippen LogP contribution in [0.4, 0.5) is 0 Å². The van der Waals surface area contributed by atoms with Crippen LogP contribution in [0, 0.1) is 3.57 Å². The van der Waals surface area contributed by atoms with Gasteiger partial charge in [-0.1, -0.05) is 12.1 Å². The summed E-state index contributed by atoms with van der Waals surface area (Å²) in [6.07, 6.45) is 0. The second-order valence-corrected chi connectivity index (χ2v) is 4.86. The second kappa shape index (κ2) is 6.37. The van der Waals surface area contributed by atoms with E-state index in [1.54, 1.807) is 0 Å². The molecule has 2 nitrogen and oxygen atoms in total. The molecule has 0 aliphatic rings. The number of rotatable bonds is 5. The van der Waals surface area contributed by atoms with E-state index in [2.05, 4.69) is 71.2 Å². The van der Waals surface area contributed by atoms with Crippen molar-refractivity contribution in [1.82, 2.24) is 10.2 Å². The Morgan fingerprint density at radius 1 is 1.36 bits per heavy atom. The van der Waals surface area contributed by atoms with Crippen molar-refractivity contribution >= 4 is 22.6 Å². The van der Waals surface area contributed by atoms with Crippen molar-refractivity contribution in [3.8, 4) is 0 Å². The minimum atomic E-state index is 0.963. The van der Waals surface area contributed by atoms with E-state index < -0.39 is 0 Å². The fraction of sp³-hybridized carbons (Fsp3) is 0.455. The van der Waals surface area contributed by atoms with Crippen molar-refractivity contribution in [2.75, 3.05) is 27.2 Å². The molecule has 0 unspecified atom stereocenters. The highest BCUT2D eigenvalue weighted by Gasteiger charge is 1.93. The Morgan fingerprint density at radius 3 is 2.79 bits per heavy atom. The monoisotopic (exact) mass is 304 g/mol. The average Bonchev–Trinajstić information content (AvgIpc) is 2.12. The lowest BCUT2D eigenvalue weighted by atomic mass is 10.2. The Balaban J connectivity index is 2.25. The zero-order valence-electron chi connectivity index (χ0n) is 8.76. The third-order valence-corrected chi connectivity index (χ3v) is 2.62. The fourth-order valence-electron chi connectivity index (χ4n) is 1.18. The van der Waals surface area contributed by atoms with Crippen LogP contribution in [0.3, 0.4) is 0 Å². The van der Waals surface area contributed by atoms with Crippen molar-refractivity contribution in [3.05, 3.63) is 33.4 Å². The predicted molar refractivity (Wildman–Crippen MR) is 69.4 cm³/mol. The topological polar surface area (TPSA) is 15.3 Å². The van der Waals surface area contributed by atoms with Crippen LogP contribution in [0.25, 0.3) is 0 Å². The molecule has 0 radical (unpaired) electrons. The molecule has 1 aromatic rings. The molecule has 0 aliphatic carbocycles. The van der Waals surface area contributed by atoms with Gasteiger partial charge in [0.05, 0.1) is 0 Å². The molecule has 0 amide bonds. The summed E-state index contributed by atoms with van der Waals surface area (Å²) in [5.74, 6) is 0. The molecule has 78 valence electrons. The van der Waals surface area contributed by atoms with Crippen LogP contribution in [0.5, 0.6) is 0 Å². The summed E-state index contributed by atoms with van der Waals surface area (Å²) in [4.78, 5) is 2.18. The van der Waals surface area contributed by atoms with E-state index in [-0.39, 0.29) is 0 Å². The lowest BCUT2D eigenvalue weighted by molar-refractivity contribution is 0.400. The summed E-state index contributed by atoms with van der Waals surface area (Å²) < 4.78 is 1.30. The minimum absolute atomic E-state index is 0.963. The average molecular weight is 304 g/mol. The first-order valence-electron chi connectivity index (χ1n) is 4.78. The second-order valence-electron chi connectivity index (χ2n) is 3.61. The lowest BCUT2D eigenvalue weighted by Crippen LogP contribution is -2.26. The van der Waals surface area contributed by atoms with Gasteiger partial charge in [0.2, 0.25) is 0 Å². The fourth-order valence-corrected chi connectivity index (χ4v) is 1.79. The van der Waals surface area contributed by atoms with Crippen molar-refractivity contribution in [2.45, 2.75) is 6.54 Å². The molecular formula is C11H17IN2. The predicted octanol–water partition coefficient (Wildman–Crippen LogP) is 1.94. The van der Waals surface area contributed by atoms with Crippen LogP contribution < -0.4 is 5.32 Å². The normalized spacial score (nSPS) is 10.9. The Bertz CT molecular complexity index is 274. The van der Waals surface area contributed by atoms with E-state index in [9.17, 15) is 0 Å². The summed E-state index contributed by atoms with van der Waals surface area (Å²) in [6, 6.07) is 8.59. The summed E-state index contributed by atoms with van der Waals surface area (Å²) in [5.41, 5.74) is 1.36. The number of benzene rings is 1. The third-order valence-electron chi connectivity index (χ3n) is 1.95. The molecule has 0 aromatic heterocycles. The van der Waals surface area contributed by atoms with Crippen molar-refractivity contribution in [1.29, 1.82) is 0 Å². The number of hydrogen-bond acceptors (Lipinski definition) is 2. The molecule has 0 atom stereocenters. The van der Waals surface area contributed by atoms with Crippen molar-refractivity contribution in [2.24, 2.45) is 0 Å². The maximum atomic E-state index is 3.42. The van der Waals surface area contributed by atoms with E-state index in [0.717, 1.165) is 19.6 Å². The molecule has 1 aromatic carbocycles. The molecule has 0 aliphatic heterocycles. The maximum absolute atomic E-state index is 3.42. The molecule has 0 spiro atoms. The van der Waals surface area contributed by atoms with E-state index >= 15 is 0 Å². The van der Waals surface area contributed by atoms with Gasteiger partial charge in [-0.2, -0.15) is 0 Å². The highest BCUT2D eigenvalue weighted by atomic mass is 127. The lowest BCUT2D eigenvalue weighted by Gasteiger charge is -2.10. The van der Waals surface area contributed by atoms with Crippen LogP contribution in [0.2, 0.25) is 0 Å². The van der Waals surface area contributed by atoms with Gasteiger partial charge in [0.25, 0.3) is 0 Å². The molecule has 1 N–H and O–H groups in total. The van der Waals surface area contributed by atoms with Gasteiger partial charge in [0.15, 0.2) is 0 Å². The smallest absolute Gasteiger partial charge is 0.0206 e. The van der Waals surface area contributed by atoms with Gasteiger partial charge >= 0.3 is 0 Å². The Kier molecular flexibility index (Phi) is 5.44. The van der Waals surface area contributed by atoms with Gasteiger partial charge < -0.3 is 10.2 Å². The first-order chi connectivity index (χ1) is 6.68. The molecule has 1 rings (SSSR count). The number of halogens is 1. The Hall–Kier alpha value is -0.130. The SMILES string of the molecule is CN(C)CCNCc1cccc(I)c1.